The van der Waals surface area contributed by atoms with Gasteiger partial charge >= 0.3 is 0 Å². The molecule has 0 aliphatic rings. The molecule has 0 aliphatic carbocycles. The van der Waals surface area contributed by atoms with Gasteiger partial charge in [-0.15, -0.1) is 0 Å². The lowest BCUT2D eigenvalue weighted by molar-refractivity contribution is 0.269. The molecule has 6 aromatic rings. The molecule has 0 atom stereocenters. The van der Waals surface area contributed by atoms with Gasteiger partial charge in [-0.05, 0) is 80.4 Å². The number of sulfone groups is 2. The summed E-state index contributed by atoms with van der Waals surface area (Å²) in [5, 5.41) is 19.1. The number of aliphatic hydroxyl groups is 1. The van der Waals surface area contributed by atoms with Crippen molar-refractivity contribution in [3.05, 3.63) is 108 Å². The number of halogens is 2. The molecule has 290 valence electrons. The van der Waals surface area contributed by atoms with Crippen LogP contribution in [0.2, 0.25) is 0 Å². The molecular weight excluding hydrogens is 751 g/mol. The van der Waals surface area contributed by atoms with Gasteiger partial charge in [-0.2, -0.15) is 10.2 Å². The Morgan fingerprint density at radius 3 is 1.36 bits per heavy atom. The quantitative estimate of drug-likeness (QED) is 0.142. The number of hydrogen-bond donors (Lipinski definition) is 1. The van der Waals surface area contributed by atoms with Crippen molar-refractivity contribution in [1.29, 1.82) is 0 Å². The van der Waals surface area contributed by atoms with E-state index in [9.17, 15) is 30.7 Å². The molecule has 15 heteroatoms. The minimum absolute atomic E-state index is 0.122. The van der Waals surface area contributed by atoms with Gasteiger partial charge in [-0.25, -0.2) is 25.6 Å². The van der Waals surface area contributed by atoms with E-state index in [4.69, 9.17) is 9.47 Å². The van der Waals surface area contributed by atoms with E-state index in [0.717, 1.165) is 23.1 Å². The highest BCUT2D eigenvalue weighted by atomic mass is 32.2. The zero-order valence-corrected chi connectivity index (χ0v) is 33.1. The van der Waals surface area contributed by atoms with Crippen LogP contribution >= 0.6 is 0 Å². The molecule has 11 nitrogen and oxygen atoms in total. The van der Waals surface area contributed by atoms with Gasteiger partial charge in [0.1, 0.15) is 11.4 Å². The molecule has 0 amide bonds. The number of benzene rings is 4. The number of aromatic nitrogens is 4. The van der Waals surface area contributed by atoms with E-state index in [1.165, 1.54) is 50.8 Å². The zero-order valence-electron chi connectivity index (χ0n) is 31.5. The number of aliphatic hydroxyl groups excluding tert-OH is 1. The van der Waals surface area contributed by atoms with Gasteiger partial charge in [0.25, 0.3) is 0 Å². The first-order valence-electron chi connectivity index (χ1n) is 17.1. The highest BCUT2D eigenvalue weighted by molar-refractivity contribution is 7.91. The Morgan fingerprint density at radius 2 is 1.00 bits per heavy atom. The highest BCUT2D eigenvalue weighted by Crippen LogP contribution is 2.38. The summed E-state index contributed by atoms with van der Waals surface area (Å²) in [5.41, 5.74) is 6.75. The third-order valence-electron chi connectivity index (χ3n) is 9.01. The van der Waals surface area contributed by atoms with Crippen molar-refractivity contribution in [2.75, 3.05) is 26.7 Å². The van der Waals surface area contributed by atoms with Crippen molar-refractivity contribution in [2.24, 2.45) is 0 Å². The average Bonchev–Trinajstić information content (AvgIpc) is 3.71. The second-order valence-corrected chi connectivity index (χ2v) is 16.6. The normalized spacial score (nSPS) is 11.6. The van der Waals surface area contributed by atoms with Crippen LogP contribution in [0.15, 0.2) is 94.7 Å². The number of aryl methyl sites for hydroxylation is 2. The van der Waals surface area contributed by atoms with Crippen LogP contribution in [0.3, 0.4) is 0 Å². The number of nitrogens with zero attached hydrogens (tertiary/aromatic N) is 4. The van der Waals surface area contributed by atoms with Crippen LogP contribution in [0.25, 0.3) is 44.8 Å². The average molecular weight is 793 g/mol. The smallest absolute Gasteiger partial charge is 0.175 e. The molecule has 2 aromatic heterocycles. The molecule has 6 rings (SSSR count). The molecule has 1 N–H and O–H groups in total. The number of methoxy groups -OCH3 is 2. The lowest BCUT2D eigenvalue weighted by atomic mass is 9.98. The predicted molar refractivity (Wildman–Crippen MR) is 207 cm³/mol. The predicted octanol–water partition coefficient (Wildman–Crippen LogP) is 7.38. The molecule has 2 heterocycles. The van der Waals surface area contributed by atoms with Crippen LogP contribution in [-0.2, 0) is 39.4 Å². The first kappa shape index (κ1) is 40.8. The van der Waals surface area contributed by atoms with Crippen molar-refractivity contribution >= 4 is 19.7 Å². The first-order chi connectivity index (χ1) is 26.1. The summed E-state index contributed by atoms with van der Waals surface area (Å²) in [6.45, 7) is 6.71. The fourth-order valence-electron chi connectivity index (χ4n) is 6.19. The van der Waals surface area contributed by atoms with E-state index < -0.39 is 31.3 Å². The van der Waals surface area contributed by atoms with Gasteiger partial charge in [-0.3, -0.25) is 9.36 Å². The summed E-state index contributed by atoms with van der Waals surface area (Å²) in [7, 11) is -3.78. The fourth-order valence-corrected chi connectivity index (χ4v) is 7.45. The van der Waals surface area contributed by atoms with E-state index in [2.05, 4.69) is 10.2 Å². The Balaban J connectivity index is 0.000000211. The summed E-state index contributed by atoms with van der Waals surface area (Å²) in [6, 6.07) is 22.3. The van der Waals surface area contributed by atoms with E-state index in [1.807, 2.05) is 25.5 Å². The molecule has 0 saturated carbocycles. The Hall–Kier alpha value is -5.38. The van der Waals surface area contributed by atoms with E-state index in [0.29, 0.717) is 52.4 Å². The monoisotopic (exact) mass is 792 g/mol. The fraction of sp³-hybridized carbons (Fsp3) is 0.250. The number of rotatable bonds is 11. The zero-order chi connectivity index (χ0) is 40.2. The van der Waals surface area contributed by atoms with Crippen molar-refractivity contribution < 1.29 is 40.2 Å². The van der Waals surface area contributed by atoms with Crippen molar-refractivity contribution in [1.82, 2.24) is 19.6 Å². The molecule has 4 aromatic carbocycles. The van der Waals surface area contributed by atoms with Crippen LogP contribution in [0.5, 0.6) is 11.5 Å². The van der Waals surface area contributed by atoms with Crippen LogP contribution in [0.1, 0.15) is 25.2 Å². The lowest BCUT2D eigenvalue weighted by Crippen LogP contribution is -2.03. The molecule has 0 unspecified atom stereocenters. The summed E-state index contributed by atoms with van der Waals surface area (Å²) in [5.74, 6) is -0.668. The van der Waals surface area contributed by atoms with Crippen molar-refractivity contribution in [3.8, 4) is 56.3 Å². The first-order valence-corrected chi connectivity index (χ1v) is 20.9. The van der Waals surface area contributed by atoms with E-state index >= 15 is 0 Å². The second-order valence-electron chi connectivity index (χ2n) is 12.6. The van der Waals surface area contributed by atoms with Gasteiger partial charge in [0, 0.05) is 53.5 Å². The van der Waals surface area contributed by atoms with E-state index in [1.54, 1.807) is 59.3 Å². The van der Waals surface area contributed by atoms with Crippen LogP contribution in [0, 0.1) is 18.6 Å². The lowest BCUT2D eigenvalue weighted by Gasteiger charge is -2.09. The van der Waals surface area contributed by atoms with Gasteiger partial charge in [-0.1, -0.05) is 36.4 Å². The molecular formula is C40H42F2N4O7S2. The largest absolute Gasteiger partial charge is 0.494 e. The summed E-state index contributed by atoms with van der Waals surface area (Å²) in [4.78, 5) is 0.445. The molecule has 0 radical (unpaired) electrons. The topological polar surface area (TPSA) is 143 Å². The van der Waals surface area contributed by atoms with Gasteiger partial charge < -0.3 is 14.6 Å². The van der Waals surface area contributed by atoms with Gasteiger partial charge in [0.05, 0.1) is 36.3 Å². The van der Waals surface area contributed by atoms with Crippen molar-refractivity contribution in [3.63, 3.8) is 0 Å². The van der Waals surface area contributed by atoms with Crippen LogP contribution in [-0.4, -0.2) is 68.2 Å². The minimum Gasteiger partial charge on any atom is -0.494 e. The number of hydrogen-bond acceptors (Lipinski definition) is 9. The standard InChI is InChI=1S/C20H21FN2O4S.C20H21FN2O3S/c1-4-23-17(12-24)19(14-7-10-18(27-2)16(21)11-14)20(22-23)13-5-8-15(9-6-13)28(3,25)26;1-5-23-13(2)19(15-8-11-18(26-3)17(21)12-15)20(22-23)14-6-9-16(10-7-14)27(4,24)25/h5-11,24H,4,12H2,1-3H3;6-12H,5H2,1-4H3. The third-order valence-corrected chi connectivity index (χ3v) is 11.3. The summed E-state index contributed by atoms with van der Waals surface area (Å²) in [6.07, 6.45) is 2.31. The van der Waals surface area contributed by atoms with Crippen LogP contribution < -0.4 is 9.47 Å². The molecule has 55 heavy (non-hydrogen) atoms. The highest BCUT2D eigenvalue weighted by Gasteiger charge is 2.22. The second kappa shape index (κ2) is 16.6. The maximum Gasteiger partial charge on any atom is 0.175 e. The molecule has 0 spiro atoms. The van der Waals surface area contributed by atoms with Crippen molar-refractivity contribution in [2.45, 2.75) is 50.3 Å². The van der Waals surface area contributed by atoms with Gasteiger partial charge in [0.15, 0.2) is 42.8 Å². The Kier molecular flexibility index (Phi) is 12.3. The Labute approximate surface area is 319 Å². The van der Waals surface area contributed by atoms with E-state index in [-0.39, 0.29) is 27.9 Å². The maximum absolute atomic E-state index is 14.3. The molecule has 0 bridgehead atoms. The summed E-state index contributed by atoms with van der Waals surface area (Å²) < 4.78 is 88.8. The maximum atomic E-state index is 14.3. The van der Waals surface area contributed by atoms with Gasteiger partial charge in [0.2, 0.25) is 0 Å². The molecule has 0 fully saturated rings. The third kappa shape index (κ3) is 8.64. The Bertz CT molecular complexity index is 2550. The van der Waals surface area contributed by atoms with Crippen LogP contribution in [0.4, 0.5) is 8.78 Å². The molecule has 0 saturated heterocycles. The molecule has 0 aliphatic heterocycles. The minimum atomic E-state index is -3.32. The SMILES string of the molecule is CCn1nc(-c2ccc(S(C)(=O)=O)cc2)c(-c2ccc(OC)c(F)c2)c1C.CCn1nc(-c2ccc(S(C)(=O)=O)cc2)c(-c2ccc(OC)c(F)c2)c1CO. The Morgan fingerprint density at radius 1 is 0.618 bits per heavy atom. The summed E-state index contributed by atoms with van der Waals surface area (Å²) >= 11 is 0. The number of ether oxygens (including phenoxy) is 2.